The number of anilines is 2. The van der Waals surface area contributed by atoms with E-state index in [1.807, 2.05) is 22.6 Å². The summed E-state index contributed by atoms with van der Waals surface area (Å²) in [5.74, 6) is -3.60. The van der Waals surface area contributed by atoms with Gasteiger partial charge in [0.05, 0.1) is 23.5 Å². The predicted octanol–water partition coefficient (Wildman–Crippen LogP) is 4.37. The van der Waals surface area contributed by atoms with Crippen LogP contribution in [0.1, 0.15) is 29.6 Å². The summed E-state index contributed by atoms with van der Waals surface area (Å²) in [6.07, 6.45) is 3.03. The van der Waals surface area contributed by atoms with Gasteiger partial charge in [-0.25, -0.2) is 13.2 Å². The summed E-state index contributed by atoms with van der Waals surface area (Å²) in [7, 11) is 0. The lowest BCUT2D eigenvalue weighted by Gasteiger charge is -2.25. The Balaban J connectivity index is 1.82. The third-order valence-corrected chi connectivity index (χ3v) is 5.95. The monoisotopic (exact) mass is 547 g/mol. The van der Waals surface area contributed by atoms with Crippen molar-refractivity contribution in [1.29, 1.82) is 0 Å². The highest BCUT2D eigenvalue weighted by molar-refractivity contribution is 14.1. The Labute approximate surface area is 193 Å². The molecule has 0 unspecified atom stereocenters. The minimum atomic E-state index is -1.26. The van der Waals surface area contributed by atoms with Gasteiger partial charge in [-0.2, -0.15) is 0 Å². The summed E-state index contributed by atoms with van der Waals surface area (Å²) >= 11 is 1.94. The summed E-state index contributed by atoms with van der Waals surface area (Å²) in [5, 5.41) is 11.9. The van der Waals surface area contributed by atoms with Gasteiger partial charge < -0.3 is 20.2 Å². The zero-order valence-electron chi connectivity index (χ0n) is 17.0. The number of amides is 1. The number of hydrogen-bond acceptors (Lipinski definition) is 4. The maximum absolute atomic E-state index is 14.6. The standard InChI is InChI=1S/C22H25F3IN3O2/c23-17-6-5-16(21(20(17)25)27-19-7-4-15(26)14-18(19)24)22(31)29(12-13-30)11-3-10-28-8-1-2-9-28/h4-7,14,27,30H,1-3,8-13H2. The van der Waals surface area contributed by atoms with Crippen LogP contribution >= 0.6 is 22.6 Å². The summed E-state index contributed by atoms with van der Waals surface area (Å²) < 4.78 is 43.5. The highest BCUT2D eigenvalue weighted by Crippen LogP contribution is 2.29. The smallest absolute Gasteiger partial charge is 0.256 e. The van der Waals surface area contributed by atoms with Crippen LogP contribution in [0.3, 0.4) is 0 Å². The Bertz CT molecular complexity index is 923. The van der Waals surface area contributed by atoms with Crippen molar-refractivity contribution in [3.63, 3.8) is 0 Å². The van der Waals surface area contributed by atoms with Gasteiger partial charge in [0.2, 0.25) is 0 Å². The molecule has 0 radical (unpaired) electrons. The van der Waals surface area contributed by atoms with E-state index in [4.69, 9.17) is 0 Å². The Kier molecular flexibility index (Phi) is 8.56. The molecule has 1 amide bonds. The van der Waals surface area contributed by atoms with E-state index in [0.29, 0.717) is 16.5 Å². The fourth-order valence-electron chi connectivity index (χ4n) is 3.67. The summed E-state index contributed by atoms with van der Waals surface area (Å²) in [4.78, 5) is 16.9. The van der Waals surface area contributed by atoms with Crippen molar-refractivity contribution in [2.75, 3.05) is 44.6 Å². The lowest BCUT2D eigenvalue weighted by atomic mass is 10.1. The van der Waals surface area contributed by atoms with Gasteiger partial charge >= 0.3 is 0 Å². The van der Waals surface area contributed by atoms with E-state index in [9.17, 15) is 23.1 Å². The van der Waals surface area contributed by atoms with E-state index < -0.39 is 29.0 Å². The molecular weight excluding hydrogens is 522 g/mol. The fourth-order valence-corrected chi connectivity index (χ4v) is 4.13. The first-order chi connectivity index (χ1) is 14.9. The van der Waals surface area contributed by atoms with Crippen molar-refractivity contribution in [3.8, 4) is 0 Å². The van der Waals surface area contributed by atoms with Gasteiger partial charge in [0.15, 0.2) is 11.6 Å². The topological polar surface area (TPSA) is 55.8 Å². The molecule has 3 rings (SSSR count). The zero-order chi connectivity index (χ0) is 22.4. The second-order valence-electron chi connectivity index (χ2n) is 7.45. The molecule has 1 heterocycles. The zero-order valence-corrected chi connectivity index (χ0v) is 19.2. The van der Waals surface area contributed by atoms with Gasteiger partial charge in [-0.05, 0) is 91.8 Å². The number of nitrogens with one attached hydrogen (secondary N) is 1. The van der Waals surface area contributed by atoms with Crippen molar-refractivity contribution >= 4 is 39.9 Å². The first kappa shape index (κ1) is 23.8. The molecule has 0 saturated carbocycles. The second-order valence-corrected chi connectivity index (χ2v) is 8.70. The maximum atomic E-state index is 14.6. The van der Waals surface area contributed by atoms with Gasteiger partial charge in [0, 0.05) is 16.7 Å². The average molecular weight is 547 g/mol. The van der Waals surface area contributed by atoms with E-state index in [1.165, 1.54) is 23.1 Å². The Hall–Kier alpha value is -1.85. The Morgan fingerprint density at radius 2 is 1.84 bits per heavy atom. The van der Waals surface area contributed by atoms with Crippen LogP contribution in [0.4, 0.5) is 24.5 Å². The molecule has 5 nitrogen and oxygen atoms in total. The number of likely N-dealkylation sites (tertiary alicyclic amines) is 1. The molecule has 0 bridgehead atoms. The molecule has 168 valence electrons. The first-order valence-corrected chi connectivity index (χ1v) is 11.3. The average Bonchev–Trinajstić information content (AvgIpc) is 3.26. The van der Waals surface area contributed by atoms with Gasteiger partial charge in [0.25, 0.3) is 5.91 Å². The minimum Gasteiger partial charge on any atom is -0.395 e. The number of hydrogen-bond donors (Lipinski definition) is 2. The fraction of sp³-hybridized carbons (Fsp3) is 0.409. The minimum absolute atomic E-state index is 0.0646. The number of rotatable bonds is 9. The molecule has 1 aliphatic heterocycles. The summed E-state index contributed by atoms with van der Waals surface area (Å²) in [5.41, 5.74) is -0.610. The Morgan fingerprint density at radius 3 is 2.52 bits per heavy atom. The highest BCUT2D eigenvalue weighted by Gasteiger charge is 2.24. The first-order valence-electron chi connectivity index (χ1n) is 10.2. The molecular formula is C22H25F3IN3O2. The molecule has 0 aromatic heterocycles. The molecule has 1 aliphatic rings. The van der Waals surface area contributed by atoms with E-state index >= 15 is 0 Å². The third kappa shape index (κ3) is 6.11. The normalized spacial score (nSPS) is 14.1. The number of carbonyl (C=O) groups excluding carboxylic acids is 1. The molecule has 2 aromatic carbocycles. The largest absolute Gasteiger partial charge is 0.395 e. The van der Waals surface area contributed by atoms with E-state index in [2.05, 4.69) is 10.2 Å². The molecule has 2 aromatic rings. The molecule has 2 N–H and O–H groups in total. The van der Waals surface area contributed by atoms with Crippen LogP contribution in [0, 0.1) is 21.0 Å². The number of aliphatic hydroxyl groups is 1. The van der Waals surface area contributed by atoms with Crippen molar-refractivity contribution in [3.05, 3.63) is 56.9 Å². The third-order valence-electron chi connectivity index (χ3n) is 5.27. The van der Waals surface area contributed by atoms with Crippen molar-refractivity contribution < 1.29 is 23.1 Å². The summed E-state index contributed by atoms with van der Waals surface area (Å²) in [6.45, 7) is 3.07. The predicted molar refractivity (Wildman–Crippen MR) is 122 cm³/mol. The molecule has 0 spiro atoms. The molecule has 0 aliphatic carbocycles. The molecule has 1 fully saturated rings. The lowest BCUT2D eigenvalue weighted by Crippen LogP contribution is -2.36. The number of aliphatic hydroxyl groups excluding tert-OH is 1. The van der Waals surface area contributed by atoms with Crippen LogP contribution in [0.2, 0.25) is 0 Å². The van der Waals surface area contributed by atoms with Crippen LogP contribution in [0.5, 0.6) is 0 Å². The Morgan fingerprint density at radius 1 is 1.10 bits per heavy atom. The lowest BCUT2D eigenvalue weighted by molar-refractivity contribution is 0.0715. The van der Waals surface area contributed by atoms with Crippen molar-refractivity contribution in [2.45, 2.75) is 19.3 Å². The van der Waals surface area contributed by atoms with E-state index in [1.54, 1.807) is 6.07 Å². The van der Waals surface area contributed by atoms with E-state index in [0.717, 1.165) is 38.5 Å². The number of carbonyl (C=O) groups is 1. The molecule has 31 heavy (non-hydrogen) atoms. The maximum Gasteiger partial charge on any atom is 0.256 e. The van der Waals surface area contributed by atoms with Crippen LogP contribution in [-0.4, -0.2) is 60.1 Å². The van der Waals surface area contributed by atoms with Crippen molar-refractivity contribution in [2.24, 2.45) is 0 Å². The van der Waals surface area contributed by atoms with Gasteiger partial charge in [-0.1, -0.05) is 0 Å². The van der Waals surface area contributed by atoms with E-state index in [-0.39, 0.29) is 24.4 Å². The number of benzene rings is 2. The van der Waals surface area contributed by atoms with Gasteiger partial charge in [-0.15, -0.1) is 0 Å². The number of nitrogens with zero attached hydrogens (tertiary/aromatic N) is 2. The van der Waals surface area contributed by atoms with Crippen molar-refractivity contribution in [1.82, 2.24) is 9.80 Å². The summed E-state index contributed by atoms with van der Waals surface area (Å²) in [6, 6.07) is 6.31. The van der Waals surface area contributed by atoms with Crippen LogP contribution in [0.25, 0.3) is 0 Å². The molecule has 0 atom stereocenters. The molecule has 9 heteroatoms. The quantitative estimate of drug-likeness (QED) is 0.458. The van der Waals surface area contributed by atoms with Crippen LogP contribution in [0.15, 0.2) is 30.3 Å². The number of halogens is 4. The second kappa shape index (κ2) is 11.1. The van der Waals surface area contributed by atoms with Crippen LogP contribution in [-0.2, 0) is 0 Å². The highest BCUT2D eigenvalue weighted by atomic mass is 127. The van der Waals surface area contributed by atoms with Gasteiger partial charge in [-0.3, -0.25) is 4.79 Å². The SMILES string of the molecule is O=C(c1ccc(F)c(F)c1Nc1ccc(I)cc1F)N(CCO)CCCN1CCCC1. The van der Waals surface area contributed by atoms with Crippen LogP contribution < -0.4 is 5.32 Å². The van der Waals surface area contributed by atoms with Gasteiger partial charge in [0.1, 0.15) is 5.82 Å². The molecule has 1 saturated heterocycles.